The molecule has 6 heteroatoms. The first-order chi connectivity index (χ1) is 7.08. The summed E-state index contributed by atoms with van der Waals surface area (Å²) in [5.41, 5.74) is 0. The van der Waals surface area contributed by atoms with E-state index in [-0.39, 0.29) is 23.3 Å². The van der Waals surface area contributed by atoms with Crippen molar-refractivity contribution in [3.05, 3.63) is 0 Å². The van der Waals surface area contributed by atoms with Crippen LogP contribution < -0.4 is 0 Å². The number of rotatable bonds is 1. The van der Waals surface area contributed by atoms with Crippen LogP contribution in [0.5, 0.6) is 0 Å². The summed E-state index contributed by atoms with van der Waals surface area (Å²) in [5.74, 6) is -0.410. The highest BCUT2D eigenvalue weighted by molar-refractivity contribution is 7.91. The molecular formula is C9H15NO4S. The second-order valence-corrected chi connectivity index (χ2v) is 6.31. The van der Waals surface area contributed by atoms with Crippen LogP contribution >= 0.6 is 0 Å². The summed E-state index contributed by atoms with van der Waals surface area (Å²) in [4.78, 5) is 17.0. The van der Waals surface area contributed by atoms with Crippen LogP contribution in [0.25, 0.3) is 0 Å². The van der Waals surface area contributed by atoms with Crippen LogP contribution in [0.3, 0.4) is 0 Å². The van der Waals surface area contributed by atoms with Gasteiger partial charge in [0.1, 0.15) is 0 Å². The monoisotopic (exact) mass is 233 g/mol. The molecular weight excluding hydrogens is 218 g/mol. The van der Waals surface area contributed by atoms with Crippen LogP contribution in [-0.4, -0.2) is 44.0 Å². The zero-order valence-corrected chi connectivity index (χ0v) is 9.33. The minimum absolute atomic E-state index is 0.00824. The zero-order chi connectivity index (χ0) is 10.9. The molecule has 0 saturated carbocycles. The molecule has 15 heavy (non-hydrogen) atoms. The van der Waals surface area contributed by atoms with Crippen molar-refractivity contribution < 1.29 is 18.0 Å². The number of carbonyl (C=O) groups is 1. The maximum atomic E-state index is 11.8. The normalized spacial score (nSPS) is 30.4. The van der Waals surface area contributed by atoms with Crippen molar-refractivity contribution in [1.29, 1.82) is 0 Å². The molecule has 2 aliphatic heterocycles. The number of hydrogen-bond acceptors (Lipinski definition) is 4. The van der Waals surface area contributed by atoms with Gasteiger partial charge in [-0.05, 0) is 19.3 Å². The van der Waals surface area contributed by atoms with Gasteiger partial charge in [-0.25, -0.2) is 13.5 Å². The Balaban J connectivity index is 1.96. The van der Waals surface area contributed by atoms with Gasteiger partial charge in [0.2, 0.25) is 5.91 Å². The van der Waals surface area contributed by atoms with Crippen LogP contribution in [0, 0.1) is 5.92 Å². The lowest BCUT2D eigenvalue weighted by Crippen LogP contribution is -2.40. The van der Waals surface area contributed by atoms with Gasteiger partial charge in [0.05, 0.1) is 24.0 Å². The smallest absolute Gasteiger partial charge is 0.250 e. The van der Waals surface area contributed by atoms with E-state index in [0.29, 0.717) is 19.6 Å². The molecule has 86 valence electrons. The second-order valence-electron chi connectivity index (χ2n) is 4.08. The highest BCUT2D eigenvalue weighted by atomic mass is 32.2. The standard InChI is InChI=1S/C9H15NO4S/c11-9(10-4-1-2-5-14-10)8-3-6-15(12,13)7-8/h8H,1-7H2. The summed E-state index contributed by atoms with van der Waals surface area (Å²) in [6.45, 7) is 1.15. The first-order valence-electron chi connectivity index (χ1n) is 5.23. The first kappa shape index (κ1) is 10.9. The van der Waals surface area contributed by atoms with Gasteiger partial charge in [-0.2, -0.15) is 0 Å². The van der Waals surface area contributed by atoms with Gasteiger partial charge in [-0.15, -0.1) is 0 Å². The van der Waals surface area contributed by atoms with E-state index in [1.807, 2.05) is 0 Å². The summed E-state index contributed by atoms with van der Waals surface area (Å²) in [7, 11) is -2.98. The van der Waals surface area contributed by atoms with E-state index in [4.69, 9.17) is 4.84 Å². The van der Waals surface area contributed by atoms with Crippen molar-refractivity contribution in [2.75, 3.05) is 24.7 Å². The van der Waals surface area contributed by atoms with Crippen LogP contribution in [-0.2, 0) is 19.5 Å². The van der Waals surface area contributed by atoms with Gasteiger partial charge in [-0.3, -0.25) is 9.63 Å². The third kappa shape index (κ3) is 2.49. The van der Waals surface area contributed by atoms with Gasteiger partial charge in [0.25, 0.3) is 0 Å². The number of hydroxylamine groups is 2. The van der Waals surface area contributed by atoms with Crippen LogP contribution in [0.4, 0.5) is 0 Å². The van der Waals surface area contributed by atoms with Crippen molar-refractivity contribution >= 4 is 15.7 Å². The van der Waals surface area contributed by atoms with Gasteiger partial charge >= 0.3 is 0 Å². The second kappa shape index (κ2) is 4.09. The van der Waals surface area contributed by atoms with E-state index >= 15 is 0 Å². The molecule has 1 unspecified atom stereocenters. The highest BCUT2D eigenvalue weighted by Crippen LogP contribution is 2.22. The van der Waals surface area contributed by atoms with Crippen LogP contribution in [0.15, 0.2) is 0 Å². The lowest BCUT2D eigenvalue weighted by Gasteiger charge is -2.27. The lowest BCUT2D eigenvalue weighted by molar-refractivity contribution is -0.200. The molecule has 2 saturated heterocycles. The van der Waals surface area contributed by atoms with Crippen molar-refractivity contribution in [2.24, 2.45) is 5.92 Å². The van der Waals surface area contributed by atoms with Crippen LogP contribution in [0.2, 0.25) is 0 Å². The lowest BCUT2D eigenvalue weighted by atomic mass is 10.1. The van der Waals surface area contributed by atoms with Gasteiger partial charge in [0.15, 0.2) is 9.84 Å². The fourth-order valence-corrected chi connectivity index (χ4v) is 3.70. The Bertz CT molecular complexity index is 345. The first-order valence-corrected chi connectivity index (χ1v) is 7.05. The van der Waals surface area contributed by atoms with Gasteiger partial charge in [0, 0.05) is 6.54 Å². The maximum absolute atomic E-state index is 11.8. The predicted molar refractivity (Wildman–Crippen MR) is 53.7 cm³/mol. The third-order valence-electron chi connectivity index (χ3n) is 2.83. The zero-order valence-electron chi connectivity index (χ0n) is 8.52. The van der Waals surface area contributed by atoms with Crippen molar-refractivity contribution in [3.63, 3.8) is 0 Å². The summed E-state index contributed by atoms with van der Waals surface area (Å²) < 4.78 is 22.4. The maximum Gasteiger partial charge on any atom is 0.250 e. The molecule has 0 spiro atoms. The molecule has 0 N–H and O–H groups in total. The molecule has 1 atom stereocenters. The Morgan fingerprint density at radius 2 is 2.13 bits per heavy atom. The fourth-order valence-electron chi connectivity index (χ4n) is 1.96. The molecule has 5 nitrogen and oxygen atoms in total. The van der Waals surface area contributed by atoms with Crippen molar-refractivity contribution in [3.8, 4) is 0 Å². The Kier molecular flexibility index (Phi) is 2.97. The number of nitrogens with zero attached hydrogens (tertiary/aromatic N) is 1. The molecule has 0 aromatic heterocycles. The average molecular weight is 233 g/mol. The summed E-state index contributed by atoms with van der Waals surface area (Å²) in [5, 5.41) is 1.34. The number of sulfone groups is 1. The molecule has 0 radical (unpaired) electrons. The van der Waals surface area contributed by atoms with E-state index in [2.05, 4.69) is 0 Å². The Hall–Kier alpha value is -0.620. The van der Waals surface area contributed by atoms with Gasteiger partial charge < -0.3 is 0 Å². The SMILES string of the molecule is O=C(C1CCS(=O)(=O)C1)N1CCCCO1. The largest absolute Gasteiger partial charge is 0.272 e. The van der Waals surface area contributed by atoms with E-state index < -0.39 is 9.84 Å². The molecule has 2 rings (SSSR count). The molecule has 0 aromatic rings. The fraction of sp³-hybridized carbons (Fsp3) is 0.889. The number of amides is 1. The Labute approximate surface area is 89.3 Å². The van der Waals surface area contributed by atoms with Gasteiger partial charge in [-0.1, -0.05) is 0 Å². The number of carbonyl (C=O) groups excluding carboxylic acids is 1. The summed E-state index contributed by atoms with van der Waals surface area (Å²) >= 11 is 0. The van der Waals surface area contributed by atoms with E-state index in [1.165, 1.54) is 5.06 Å². The van der Waals surface area contributed by atoms with E-state index in [1.54, 1.807) is 0 Å². The molecule has 0 bridgehead atoms. The topological polar surface area (TPSA) is 63.7 Å². The third-order valence-corrected chi connectivity index (χ3v) is 4.60. The predicted octanol–water partition coefficient (Wildman–Crippen LogP) is -0.0249. The Morgan fingerprint density at radius 1 is 1.33 bits per heavy atom. The van der Waals surface area contributed by atoms with E-state index in [0.717, 1.165) is 12.8 Å². The molecule has 2 heterocycles. The molecule has 1 amide bonds. The molecule has 2 fully saturated rings. The number of hydrogen-bond donors (Lipinski definition) is 0. The van der Waals surface area contributed by atoms with Crippen molar-refractivity contribution in [1.82, 2.24) is 5.06 Å². The molecule has 0 aliphatic carbocycles. The van der Waals surface area contributed by atoms with Crippen LogP contribution in [0.1, 0.15) is 19.3 Å². The summed E-state index contributed by atoms with van der Waals surface area (Å²) in [6.07, 6.45) is 2.35. The minimum Gasteiger partial charge on any atom is -0.272 e. The minimum atomic E-state index is -2.98. The Morgan fingerprint density at radius 3 is 2.67 bits per heavy atom. The average Bonchev–Trinajstić information content (AvgIpc) is 2.59. The molecule has 0 aromatic carbocycles. The quantitative estimate of drug-likeness (QED) is 0.638. The summed E-state index contributed by atoms with van der Waals surface area (Å²) in [6, 6.07) is 0. The highest BCUT2D eigenvalue weighted by Gasteiger charge is 2.36. The molecule has 2 aliphatic rings. The van der Waals surface area contributed by atoms with Crippen molar-refractivity contribution in [2.45, 2.75) is 19.3 Å². The van der Waals surface area contributed by atoms with E-state index in [9.17, 15) is 13.2 Å².